The third kappa shape index (κ3) is 3.33. The number of amides is 1. The van der Waals surface area contributed by atoms with Crippen LogP contribution in [0.3, 0.4) is 0 Å². The maximum absolute atomic E-state index is 12.5. The van der Waals surface area contributed by atoms with Gasteiger partial charge in [-0.1, -0.05) is 48.5 Å². The van der Waals surface area contributed by atoms with Gasteiger partial charge in [0, 0.05) is 17.5 Å². The number of nitrogens with zero attached hydrogens (tertiary/aromatic N) is 1. The lowest BCUT2D eigenvalue weighted by atomic mass is 10.1. The number of rotatable bonds is 4. The van der Waals surface area contributed by atoms with Crippen LogP contribution in [0.15, 0.2) is 84.9 Å². The Hall–Kier alpha value is -3.40. The zero-order chi connectivity index (χ0) is 16.9. The molecule has 0 atom stereocenters. The predicted octanol–water partition coefficient (Wildman–Crippen LogP) is 2.81. The quantitative estimate of drug-likeness (QED) is 0.695. The first-order valence-electron chi connectivity index (χ1n) is 7.42. The van der Waals surface area contributed by atoms with Crippen LogP contribution < -0.4 is 10.0 Å². The second-order valence-corrected chi connectivity index (χ2v) is 5.19. The highest BCUT2D eigenvalue weighted by atomic mass is 16.4. The summed E-state index contributed by atoms with van der Waals surface area (Å²) in [6, 6.07) is 22.6. The normalized spacial score (nSPS) is 10.8. The fraction of sp³-hybridized carbons (Fsp3) is 0. The number of hydrogen-bond acceptors (Lipinski definition) is 3. The number of anilines is 2. The van der Waals surface area contributed by atoms with Crippen LogP contribution in [0.1, 0.15) is 0 Å². The number of carbonyl (C=O) groups is 2. The molecule has 118 valence electrons. The first kappa shape index (κ1) is 15.5. The lowest BCUT2D eigenvalue weighted by Crippen LogP contribution is -2.25. The number of aliphatic carboxylic acids is 1. The van der Waals surface area contributed by atoms with E-state index in [4.69, 9.17) is 0 Å². The van der Waals surface area contributed by atoms with Crippen LogP contribution in [0, 0.1) is 0 Å². The van der Waals surface area contributed by atoms with E-state index in [1.165, 1.54) is 4.90 Å². The van der Waals surface area contributed by atoms with Crippen molar-refractivity contribution in [2.24, 2.45) is 0 Å². The van der Waals surface area contributed by atoms with Gasteiger partial charge in [0.25, 0.3) is 5.91 Å². The van der Waals surface area contributed by atoms with E-state index < -0.39 is 11.9 Å². The van der Waals surface area contributed by atoms with Crippen molar-refractivity contribution in [1.29, 1.82) is 0 Å². The SMILES string of the molecule is O=C([O-])C=CC(=O)N(c1ccccc1)c1ccc2ccccc2c1. The maximum atomic E-state index is 12.5. The molecule has 0 aromatic heterocycles. The molecule has 3 aromatic rings. The monoisotopic (exact) mass is 316 g/mol. The number of carboxylic acids is 1. The van der Waals surface area contributed by atoms with E-state index in [0.29, 0.717) is 11.4 Å². The van der Waals surface area contributed by atoms with Crippen molar-refractivity contribution in [3.63, 3.8) is 0 Å². The summed E-state index contributed by atoms with van der Waals surface area (Å²) < 4.78 is 0. The summed E-state index contributed by atoms with van der Waals surface area (Å²) in [5.41, 5.74) is 1.31. The van der Waals surface area contributed by atoms with Crippen LogP contribution in [0.4, 0.5) is 11.4 Å². The molecule has 0 bridgehead atoms. The molecule has 4 nitrogen and oxygen atoms in total. The average Bonchev–Trinajstić information content (AvgIpc) is 2.61. The van der Waals surface area contributed by atoms with E-state index in [9.17, 15) is 14.7 Å². The molecule has 3 rings (SSSR count). The summed E-state index contributed by atoms with van der Waals surface area (Å²) in [6.07, 6.45) is 1.73. The molecule has 0 spiro atoms. The van der Waals surface area contributed by atoms with Gasteiger partial charge in [-0.15, -0.1) is 0 Å². The summed E-state index contributed by atoms with van der Waals surface area (Å²) in [6.45, 7) is 0. The smallest absolute Gasteiger partial charge is 0.255 e. The van der Waals surface area contributed by atoms with Gasteiger partial charge in [0.15, 0.2) is 0 Å². The Morgan fingerprint density at radius 1 is 0.750 bits per heavy atom. The third-order valence-electron chi connectivity index (χ3n) is 3.59. The molecule has 0 saturated carbocycles. The van der Waals surface area contributed by atoms with Gasteiger partial charge in [-0.3, -0.25) is 9.69 Å². The fourth-order valence-electron chi connectivity index (χ4n) is 2.51. The summed E-state index contributed by atoms with van der Waals surface area (Å²) >= 11 is 0. The molecule has 0 saturated heterocycles. The Balaban J connectivity index is 2.09. The minimum absolute atomic E-state index is 0.458. The number of carboxylic acid groups (broad SMARTS) is 1. The highest BCUT2D eigenvalue weighted by Crippen LogP contribution is 2.28. The molecular weight excluding hydrogens is 302 g/mol. The van der Waals surface area contributed by atoms with E-state index in [1.807, 2.05) is 60.7 Å². The van der Waals surface area contributed by atoms with Crippen LogP contribution in [0.5, 0.6) is 0 Å². The average molecular weight is 316 g/mol. The number of fused-ring (bicyclic) bond motifs is 1. The third-order valence-corrected chi connectivity index (χ3v) is 3.59. The number of para-hydroxylation sites is 1. The molecule has 4 heteroatoms. The topological polar surface area (TPSA) is 60.4 Å². The summed E-state index contributed by atoms with van der Waals surface area (Å²) in [7, 11) is 0. The Labute approximate surface area is 139 Å². The van der Waals surface area contributed by atoms with Gasteiger partial charge in [-0.05, 0) is 41.1 Å². The molecule has 0 aliphatic carbocycles. The van der Waals surface area contributed by atoms with Crippen molar-refractivity contribution in [2.75, 3.05) is 4.90 Å². The van der Waals surface area contributed by atoms with E-state index in [1.54, 1.807) is 12.1 Å². The van der Waals surface area contributed by atoms with Gasteiger partial charge >= 0.3 is 0 Å². The van der Waals surface area contributed by atoms with Crippen molar-refractivity contribution in [3.05, 3.63) is 84.9 Å². The summed E-state index contributed by atoms with van der Waals surface area (Å²) in [4.78, 5) is 24.6. The van der Waals surface area contributed by atoms with Crippen molar-refractivity contribution < 1.29 is 14.7 Å². The summed E-state index contributed by atoms with van der Waals surface area (Å²) in [5, 5.41) is 12.7. The number of benzene rings is 3. The molecule has 0 N–H and O–H groups in total. The van der Waals surface area contributed by atoms with Crippen molar-refractivity contribution in [2.45, 2.75) is 0 Å². The Kier molecular flexibility index (Phi) is 4.38. The highest BCUT2D eigenvalue weighted by Gasteiger charge is 2.15. The van der Waals surface area contributed by atoms with Gasteiger partial charge in [0.2, 0.25) is 0 Å². The standard InChI is InChI=1S/C20H15NO3/c22-19(12-13-20(23)24)21(17-8-2-1-3-9-17)18-11-10-15-6-4-5-7-16(15)14-18/h1-14H,(H,23,24)/p-1. The molecule has 0 radical (unpaired) electrons. The van der Waals surface area contributed by atoms with Crippen LogP contribution >= 0.6 is 0 Å². The second kappa shape index (κ2) is 6.79. The summed E-state index contributed by atoms with van der Waals surface area (Å²) in [5.74, 6) is -1.87. The number of hydrogen-bond donors (Lipinski definition) is 0. The maximum Gasteiger partial charge on any atom is 0.255 e. The molecule has 0 heterocycles. The molecule has 0 fully saturated rings. The fourth-order valence-corrected chi connectivity index (χ4v) is 2.51. The Morgan fingerprint density at radius 3 is 2.12 bits per heavy atom. The minimum Gasteiger partial charge on any atom is -0.545 e. The lowest BCUT2D eigenvalue weighted by Gasteiger charge is -2.22. The zero-order valence-corrected chi connectivity index (χ0v) is 12.8. The van der Waals surface area contributed by atoms with Crippen LogP contribution in [0.2, 0.25) is 0 Å². The number of carbonyl (C=O) groups excluding carboxylic acids is 2. The minimum atomic E-state index is -1.41. The first-order valence-corrected chi connectivity index (χ1v) is 7.42. The Bertz CT molecular complexity index is 916. The molecular formula is C20H14NO3-. The van der Waals surface area contributed by atoms with Crippen molar-refractivity contribution >= 4 is 34.0 Å². The van der Waals surface area contributed by atoms with Crippen molar-refractivity contribution in [3.8, 4) is 0 Å². The molecule has 0 unspecified atom stereocenters. The molecule has 0 aliphatic rings. The van der Waals surface area contributed by atoms with E-state index in [2.05, 4.69) is 0 Å². The van der Waals surface area contributed by atoms with Gasteiger partial charge in [-0.25, -0.2) is 0 Å². The molecule has 3 aromatic carbocycles. The van der Waals surface area contributed by atoms with Crippen LogP contribution in [-0.4, -0.2) is 11.9 Å². The van der Waals surface area contributed by atoms with Gasteiger partial charge in [0.05, 0.1) is 5.97 Å². The molecule has 24 heavy (non-hydrogen) atoms. The zero-order valence-electron chi connectivity index (χ0n) is 12.8. The van der Waals surface area contributed by atoms with Gasteiger partial charge < -0.3 is 9.90 Å². The van der Waals surface area contributed by atoms with E-state index >= 15 is 0 Å². The van der Waals surface area contributed by atoms with E-state index in [0.717, 1.165) is 22.9 Å². The van der Waals surface area contributed by atoms with Gasteiger partial charge in [-0.2, -0.15) is 0 Å². The van der Waals surface area contributed by atoms with Crippen molar-refractivity contribution in [1.82, 2.24) is 0 Å². The van der Waals surface area contributed by atoms with Crippen LogP contribution in [0.25, 0.3) is 10.8 Å². The molecule has 1 amide bonds. The highest BCUT2D eigenvalue weighted by molar-refractivity contribution is 6.09. The largest absolute Gasteiger partial charge is 0.545 e. The lowest BCUT2D eigenvalue weighted by molar-refractivity contribution is -0.297. The second-order valence-electron chi connectivity index (χ2n) is 5.19. The van der Waals surface area contributed by atoms with Gasteiger partial charge in [0.1, 0.15) is 0 Å². The van der Waals surface area contributed by atoms with E-state index in [-0.39, 0.29) is 0 Å². The van der Waals surface area contributed by atoms with Crippen LogP contribution in [-0.2, 0) is 9.59 Å². The Morgan fingerprint density at radius 2 is 1.42 bits per heavy atom. The first-order chi connectivity index (χ1) is 11.6. The molecule has 0 aliphatic heterocycles. The predicted molar refractivity (Wildman–Crippen MR) is 91.7 cm³/mol.